The second-order valence-electron chi connectivity index (χ2n) is 9.26. The molecule has 2 aliphatic heterocycles. The number of hydrogen-bond donors (Lipinski definition) is 3. The Bertz CT molecular complexity index is 909. The van der Waals surface area contributed by atoms with Gasteiger partial charge in [0.1, 0.15) is 12.2 Å². The van der Waals surface area contributed by atoms with Gasteiger partial charge in [-0.25, -0.2) is 9.82 Å². The molecule has 5 atom stereocenters. The molecule has 1 aliphatic carbocycles. The minimum Gasteiger partial charge on any atom is -0.325 e. The Hall–Kier alpha value is -2.29. The maximum absolute atomic E-state index is 14.9. The lowest BCUT2D eigenvalue weighted by atomic mass is 9.73. The van der Waals surface area contributed by atoms with Crippen molar-refractivity contribution in [2.45, 2.75) is 56.4 Å². The lowest BCUT2D eigenvalue weighted by Gasteiger charge is -2.34. The predicted molar refractivity (Wildman–Crippen MR) is 117 cm³/mol. The number of carbonyl (C=O) groups is 1. The van der Waals surface area contributed by atoms with Crippen molar-refractivity contribution in [3.8, 4) is 0 Å². The van der Waals surface area contributed by atoms with Crippen LogP contribution in [0.3, 0.4) is 0 Å². The van der Waals surface area contributed by atoms with Crippen LogP contribution < -0.4 is 16.2 Å². The number of hydrazine groups is 1. The molecular formula is C23H31FN6O. The molecule has 1 saturated carbocycles. The summed E-state index contributed by atoms with van der Waals surface area (Å²) in [5.74, 6) is -0.151. The normalized spacial score (nSPS) is 31.0. The van der Waals surface area contributed by atoms with Gasteiger partial charge < -0.3 is 5.32 Å². The van der Waals surface area contributed by atoms with E-state index in [0.717, 1.165) is 37.3 Å². The first kappa shape index (κ1) is 20.6. The maximum Gasteiger partial charge on any atom is 0.243 e. The molecule has 5 rings (SSSR count). The van der Waals surface area contributed by atoms with Crippen molar-refractivity contribution in [2.24, 2.45) is 13.0 Å². The number of carbonyl (C=O) groups excluding carboxylic acids is 1. The van der Waals surface area contributed by atoms with Crippen molar-refractivity contribution in [3.05, 3.63) is 47.8 Å². The van der Waals surface area contributed by atoms with Crippen LogP contribution in [-0.2, 0) is 18.4 Å². The van der Waals surface area contributed by atoms with E-state index in [1.807, 2.05) is 31.6 Å². The first-order valence-corrected chi connectivity index (χ1v) is 11.3. The molecule has 3 N–H and O–H groups in total. The lowest BCUT2D eigenvalue weighted by Crippen LogP contribution is -2.44. The minimum absolute atomic E-state index is 0.0758. The average molecular weight is 427 g/mol. The number of alkyl halides is 1. The van der Waals surface area contributed by atoms with E-state index < -0.39 is 12.2 Å². The predicted octanol–water partition coefficient (Wildman–Crippen LogP) is 2.33. The fraction of sp³-hybridized carbons (Fsp3) is 0.565. The van der Waals surface area contributed by atoms with Crippen LogP contribution in [0.25, 0.3) is 0 Å². The number of likely N-dealkylation sites (tertiary alicyclic amines) is 1. The zero-order valence-electron chi connectivity index (χ0n) is 17.9. The summed E-state index contributed by atoms with van der Waals surface area (Å²) in [5, 5.41) is 7.25. The van der Waals surface area contributed by atoms with Gasteiger partial charge in [-0.05, 0) is 68.0 Å². The van der Waals surface area contributed by atoms with Crippen molar-refractivity contribution in [1.29, 1.82) is 0 Å². The number of amides is 1. The number of fused-ring (bicyclic) bond motifs is 1. The summed E-state index contributed by atoms with van der Waals surface area (Å²) < 4.78 is 16.6. The molecule has 2 aromatic rings. The monoisotopic (exact) mass is 426 g/mol. The standard InChI is InChI=1S/C23H31FN6O/c1-29-14-17(12-25-29)16-10-19-21(20(24)11-16)27-28-22(19)23(31)26-18-6-4-15(5-7-18)13-30-8-2-3-9-30/h4-7,12,14,16,19-22,27-28H,2-3,8-11,13H2,1H3,(H,26,31). The quantitative estimate of drug-likeness (QED) is 0.684. The third kappa shape index (κ3) is 4.37. The van der Waals surface area contributed by atoms with Crippen LogP contribution in [0.2, 0.25) is 0 Å². The van der Waals surface area contributed by atoms with E-state index in [1.54, 1.807) is 4.68 Å². The minimum atomic E-state index is -1.00. The van der Waals surface area contributed by atoms with Gasteiger partial charge in [0.05, 0.1) is 12.2 Å². The highest BCUT2D eigenvalue weighted by atomic mass is 19.1. The molecule has 7 nitrogen and oxygen atoms in total. The van der Waals surface area contributed by atoms with Crippen LogP contribution >= 0.6 is 0 Å². The Morgan fingerprint density at radius 1 is 1.19 bits per heavy atom. The first-order chi connectivity index (χ1) is 15.1. The van der Waals surface area contributed by atoms with Gasteiger partial charge in [0.25, 0.3) is 0 Å². The van der Waals surface area contributed by atoms with Crippen molar-refractivity contribution in [1.82, 2.24) is 25.5 Å². The second kappa shape index (κ2) is 8.68. The molecule has 3 heterocycles. The summed E-state index contributed by atoms with van der Waals surface area (Å²) in [6.45, 7) is 3.29. The van der Waals surface area contributed by atoms with E-state index in [2.05, 4.69) is 38.3 Å². The number of aryl methyl sites for hydroxylation is 1. The van der Waals surface area contributed by atoms with Crippen LogP contribution in [-0.4, -0.2) is 51.9 Å². The van der Waals surface area contributed by atoms with Crippen LogP contribution in [0.15, 0.2) is 36.7 Å². The highest BCUT2D eigenvalue weighted by molar-refractivity contribution is 5.95. The van der Waals surface area contributed by atoms with E-state index in [0.29, 0.717) is 6.42 Å². The summed E-state index contributed by atoms with van der Waals surface area (Å²) in [5.41, 5.74) is 9.17. The molecule has 31 heavy (non-hydrogen) atoms. The fourth-order valence-electron chi connectivity index (χ4n) is 5.39. The fourth-order valence-corrected chi connectivity index (χ4v) is 5.39. The third-order valence-electron chi connectivity index (χ3n) is 7.06. The van der Waals surface area contributed by atoms with Crippen molar-refractivity contribution in [3.63, 3.8) is 0 Å². The Balaban J connectivity index is 1.23. The largest absolute Gasteiger partial charge is 0.325 e. The van der Waals surface area contributed by atoms with Gasteiger partial charge >= 0.3 is 0 Å². The number of benzene rings is 1. The molecule has 166 valence electrons. The maximum atomic E-state index is 14.9. The summed E-state index contributed by atoms with van der Waals surface area (Å²) >= 11 is 0. The molecule has 0 spiro atoms. The lowest BCUT2D eigenvalue weighted by molar-refractivity contribution is -0.119. The molecule has 0 bridgehead atoms. The van der Waals surface area contributed by atoms with Gasteiger partial charge in [0.2, 0.25) is 5.91 Å². The number of aromatic nitrogens is 2. The SMILES string of the molecule is Cn1cc(C2CC(F)C3NNC(C(=O)Nc4ccc(CN5CCCC5)cc4)C3C2)cn1. The smallest absolute Gasteiger partial charge is 0.243 e. The molecule has 3 aliphatic rings. The van der Waals surface area contributed by atoms with E-state index in [4.69, 9.17) is 0 Å². The van der Waals surface area contributed by atoms with Gasteiger partial charge in [-0.3, -0.25) is 19.8 Å². The summed E-state index contributed by atoms with van der Waals surface area (Å²) in [6.07, 6.45) is 6.52. The summed E-state index contributed by atoms with van der Waals surface area (Å²) in [7, 11) is 1.87. The van der Waals surface area contributed by atoms with E-state index >= 15 is 0 Å². The molecular weight excluding hydrogens is 395 g/mol. The number of halogens is 1. The zero-order valence-corrected chi connectivity index (χ0v) is 17.9. The second-order valence-corrected chi connectivity index (χ2v) is 9.26. The Kier molecular flexibility index (Phi) is 5.77. The zero-order chi connectivity index (χ0) is 21.4. The molecule has 0 radical (unpaired) electrons. The topological polar surface area (TPSA) is 74.2 Å². The molecule has 8 heteroatoms. The van der Waals surface area contributed by atoms with Crippen LogP contribution in [0.1, 0.15) is 42.7 Å². The van der Waals surface area contributed by atoms with Gasteiger partial charge in [0, 0.05) is 31.4 Å². The molecule has 1 amide bonds. The van der Waals surface area contributed by atoms with Gasteiger partial charge in [-0.15, -0.1) is 0 Å². The highest BCUT2D eigenvalue weighted by Crippen LogP contribution is 2.41. The summed E-state index contributed by atoms with van der Waals surface area (Å²) in [6, 6.07) is 7.26. The Morgan fingerprint density at radius 3 is 2.68 bits per heavy atom. The van der Waals surface area contributed by atoms with Crippen molar-refractivity contribution >= 4 is 11.6 Å². The Morgan fingerprint density at radius 2 is 1.97 bits per heavy atom. The molecule has 3 fully saturated rings. The van der Waals surface area contributed by atoms with Crippen LogP contribution in [0.5, 0.6) is 0 Å². The number of nitrogens with one attached hydrogen (secondary N) is 3. The third-order valence-corrected chi connectivity index (χ3v) is 7.06. The number of anilines is 1. The number of nitrogens with zero attached hydrogens (tertiary/aromatic N) is 3. The molecule has 2 saturated heterocycles. The van der Waals surface area contributed by atoms with Gasteiger partial charge in [-0.2, -0.15) is 5.10 Å². The summed E-state index contributed by atoms with van der Waals surface area (Å²) in [4.78, 5) is 15.5. The Labute approximate surface area is 182 Å². The van der Waals surface area contributed by atoms with E-state index in [1.165, 1.54) is 18.4 Å². The van der Waals surface area contributed by atoms with E-state index in [9.17, 15) is 9.18 Å². The van der Waals surface area contributed by atoms with Gasteiger partial charge in [-0.1, -0.05) is 12.1 Å². The number of hydrogen-bond acceptors (Lipinski definition) is 5. The van der Waals surface area contributed by atoms with Crippen LogP contribution in [0, 0.1) is 5.92 Å². The highest BCUT2D eigenvalue weighted by Gasteiger charge is 2.48. The first-order valence-electron chi connectivity index (χ1n) is 11.3. The van der Waals surface area contributed by atoms with Gasteiger partial charge in [0.15, 0.2) is 0 Å². The number of rotatable bonds is 5. The molecule has 1 aromatic heterocycles. The average Bonchev–Trinajstić information content (AvgIpc) is 3.50. The van der Waals surface area contributed by atoms with Crippen molar-refractivity contribution in [2.75, 3.05) is 18.4 Å². The van der Waals surface area contributed by atoms with Crippen molar-refractivity contribution < 1.29 is 9.18 Å². The molecule has 1 aromatic carbocycles. The molecule has 5 unspecified atom stereocenters. The van der Waals surface area contributed by atoms with Crippen LogP contribution in [0.4, 0.5) is 10.1 Å². The van der Waals surface area contributed by atoms with E-state index in [-0.39, 0.29) is 23.8 Å².